The van der Waals surface area contributed by atoms with Crippen LogP contribution in [0.25, 0.3) is 0 Å². The number of carbonyl (C=O) groups excluding carboxylic acids is 1. The van der Waals surface area contributed by atoms with Crippen molar-refractivity contribution in [1.29, 1.82) is 0 Å². The maximum atomic E-state index is 12.3. The average Bonchev–Trinajstić information content (AvgIpc) is 2.47. The van der Waals surface area contributed by atoms with Gasteiger partial charge in [-0.3, -0.25) is 4.79 Å². The number of hydrogen-bond donors (Lipinski definition) is 1. The number of aliphatic hydroxyl groups is 1. The van der Waals surface area contributed by atoms with E-state index in [0.29, 0.717) is 16.3 Å². The first-order chi connectivity index (χ1) is 9.13. The van der Waals surface area contributed by atoms with Crippen LogP contribution in [0.15, 0.2) is 18.2 Å². The molecule has 0 bridgehead atoms. The highest BCUT2D eigenvalue weighted by Crippen LogP contribution is 2.30. The van der Waals surface area contributed by atoms with E-state index in [4.69, 9.17) is 16.3 Å². The van der Waals surface area contributed by atoms with E-state index >= 15 is 0 Å². The summed E-state index contributed by atoms with van der Waals surface area (Å²) in [5, 5.41) is 10.7. The first-order valence-electron chi connectivity index (χ1n) is 6.69. The summed E-state index contributed by atoms with van der Waals surface area (Å²) in [5.74, 6) is 0.313. The Balaban J connectivity index is 2.14. The molecule has 3 nitrogen and oxygen atoms in total. The van der Waals surface area contributed by atoms with Gasteiger partial charge < -0.3 is 9.84 Å². The molecule has 1 N–H and O–H groups in total. The average molecular weight is 283 g/mol. The number of ketones is 1. The minimum atomic E-state index is -0.911. The third-order valence-corrected chi connectivity index (χ3v) is 4.11. The molecule has 1 aliphatic rings. The number of benzene rings is 1. The predicted octanol–water partition coefficient (Wildman–Crippen LogP) is 3.47. The molecule has 1 saturated carbocycles. The van der Waals surface area contributed by atoms with Gasteiger partial charge in [0.1, 0.15) is 11.9 Å². The zero-order valence-electron chi connectivity index (χ0n) is 11.1. The second-order valence-corrected chi connectivity index (χ2v) is 5.46. The van der Waals surface area contributed by atoms with Gasteiger partial charge in [0.15, 0.2) is 5.78 Å². The van der Waals surface area contributed by atoms with Crippen molar-refractivity contribution in [3.63, 3.8) is 0 Å². The summed E-state index contributed by atoms with van der Waals surface area (Å²) in [5.41, 5.74) is 0.458. The zero-order chi connectivity index (χ0) is 13.8. The van der Waals surface area contributed by atoms with E-state index in [-0.39, 0.29) is 11.7 Å². The van der Waals surface area contributed by atoms with Crippen LogP contribution in [0.4, 0.5) is 0 Å². The number of methoxy groups -OCH3 is 1. The van der Waals surface area contributed by atoms with Crippen LogP contribution >= 0.6 is 11.6 Å². The second-order valence-electron chi connectivity index (χ2n) is 5.06. The van der Waals surface area contributed by atoms with Gasteiger partial charge in [-0.25, -0.2) is 0 Å². The molecule has 1 atom stereocenters. The number of halogens is 1. The largest absolute Gasteiger partial charge is 0.495 e. The van der Waals surface area contributed by atoms with Gasteiger partial charge in [0, 0.05) is 5.56 Å². The topological polar surface area (TPSA) is 46.5 Å². The fourth-order valence-corrected chi connectivity index (χ4v) is 2.84. The molecule has 104 valence electrons. The van der Waals surface area contributed by atoms with Crippen molar-refractivity contribution in [2.75, 3.05) is 7.11 Å². The highest BCUT2D eigenvalue weighted by atomic mass is 35.5. The summed E-state index contributed by atoms with van der Waals surface area (Å²) in [7, 11) is 1.51. The van der Waals surface area contributed by atoms with Crippen molar-refractivity contribution < 1.29 is 14.6 Å². The molecule has 0 spiro atoms. The molecule has 1 unspecified atom stereocenters. The van der Waals surface area contributed by atoms with Crippen molar-refractivity contribution in [2.24, 2.45) is 5.92 Å². The lowest BCUT2D eigenvalue weighted by Crippen LogP contribution is -2.31. The third kappa shape index (κ3) is 3.28. The Morgan fingerprint density at radius 3 is 2.68 bits per heavy atom. The van der Waals surface area contributed by atoms with Crippen LogP contribution in [0.5, 0.6) is 5.75 Å². The molecule has 0 radical (unpaired) electrons. The standard InChI is InChI=1S/C15H19ClO3/c1-19-13-9-11(7-8-12(13)16)15(18)14(17)10-5-3-2-4-6-10/h7-10,14,17H,2-6H2,1H3. The minimum Gasteiger partial charge on any atom is -0.495 e. The number of carbonyl (C=O) groups is 1. The number of aliphatic hydroxyl groups excluding tert-OH is 1. The Morgan fingerprint density at radius 1 is 1.37 bits per heavy atom. The highest BCUT2D eigenvalue weighted by molar-refractivity contribution is 6.32. The van der Waals surface area contributed by atoms with E-state index in [1.54, 1.807) is 18.2 Å². The Hall–Kier alpha value is -1.06. The molecule has 1 aliphatic carbocycles. The fraction of sp³-hybridized carbons (Fsp3) is 0.533. The van der Waals surface area contributed by atoms with Crippen LogP contribution in [-0.2, 0) is 0 Å². The minimum absolute atomic E-state index is 0.0860. The van der Waals surface area contributed by atoms with Crippen molar-refractivity contribution in [2.45, 2.75) is 38.2 Å². The van der Waals surface area contributed by atoms with E-state index in [9.17, 15) is 9.90 Å². The van der Waals surface area contributed by atoms with Crippen LogP contribution in [0.1, 0.15) is 42.5 Å². The van der Waals surface area contributed by atoms with Gasteiger partial charge in [-0.15, -0.1) is 0 Å². The number of Topliss-reactive ketones (excluding diaryl/α,β-unsaturated/α-hetero) is 1. The first kappa shape index (κ1) is 14.4. The van der Waals surface area contributed by atoms with Gasteiger partial charge in [0.25, 0.3) is 0 Å². The van der Waals surface area contributed by atoms with Crippen molar-refractivity contribution in [3.8, 4) is 5.75 Å². The van der Waals surface area contributed by atoms with E-state index in [2.05, 4.69) is 0 Å². The Kier molecular flexibility index (Phi) is 4.83. The van der Waals surface area contributed by atoms with Gasteiger partial charge in [0.2, 0.25) is 0 Å². The lowest BCUT2D eigenvalue weighted by atomic mass is 9.82. The maximum absolute atomic E-state index is 12.3. The summed E-state index contributed by atoms with van der Waals surface area (Å²) in [6.45, 7) is 0. The monoisotopic (exact) mass is 282 g/mol. The summed E-state index contributed by atoms with van der Waals surface area (Å²) in [6.07, 6.45) is 4.34. The predicted molar refractivity (Wildman–Crippen MR) is 74.9 cm³/mol. The van der Waals surface area contributed by atoms with Crippen LogP contribution in [0.2, 0.25) is 5.02 Å². The Labute approximate surface area is 118 Å². The van der Waals surface area contributed by atoms with Gasteiger partial charge in [-0.2, -0.15) is 0 Å². The number of hydrogen-bond acceptors (Lipinski definition) is 3. The summed E-state index contributed by atoms with van der Waals surface area (Å²) < 4.78 is 5.10. The molecule has 0 heterocycles. The fourth-order valence-electron chi connectivity index (χ4n) is 2.65. The number of ether oxygens (including phenoxy) is 1. The molecule has 1 aromatic rings. The van der Waals surface area contributed by atoms with E-state index < -0.39 is 6.10 Å². The quantitative estimate of drug-likeness (QED) is 0.860. The van der Waals surface area contributed by atoms with Crippen LogP contribution in [0.3, 0.4) is 0 Å². The molecule has 4 heteroatoms. The zero-order valence-corrected chi connectivity index (χ0v) is 11.8. The molecule has 0 saturated heterocycles. The molecule has 2 rings (SSSR count). The van der Waals surface area contributed by atoms with Gasteiger partial charge >= 0.3 is 0 Å². The first-order valence-corrected chi connectivity index (χ1v) is 7.07. The Morgan fingerprint density at radius 2 is 2.05 bits per heavy atom. The van der Waals surface area contributed by atoms with Crippen LogP contribution in [0, 0.1) is 5.92 Å². The van der Waals surface area contributed by atoms with Gasteiger partial charge in [0.05, 0.1) is 12.1 Å². The normalized spacial score (nSPS) is 18.1. The lowest BCUT2D eigenvalue weighted by Gasteiger charge is -2.25. The molecule has 19 heavy (non-hydrogen) atoms. The van der Waals surface area contributed by atoms with Crippen LogP contribution < -0.4 is 4.74 Å². The SMILES string of the molecule is COc1cc(C(=O)C(O)C2CCCCC2)ccc1Cl. The second kappa shape index (κ2) is 6.40. The summed E-state index contributed by atoms with van der Waals surface area (Å²) in [4.78, 5) is 12.3. The third-order valence-electron chi connectivity index (χ3n) is 3.80. The highest BCUT2D eigenvalue weighted by Gasteiger charge is 2.28. The van der Waals surface area contributed by atoms with Crippen molar-refractivity contribution in [3.05, 3.63) is 28.8 Å². The van der Waals surface area contributed by atoms with Crippen molar-refractivity contribution >= 4 is 17.4 Å². The van der Waals surface area contributed by atoms with Crippen LogP contribution in [-0.4, -0.2) is 24.1 Å². The number of rotatable bonds is 4. The van der Waals surface area contributed by atoms with E-state index in [1.165, 1.54) is 13.5 Å². The van der Waals surface area contributed by atoms with Crippen molar-refractivity contribution in [1.82, 2.24) is 0 Å². The molecule has 1 fully saturated rings. The smallest absolute Gasteiger partial charge is 0.191 e. The summed E-state index contributed by atoms with van der Waals surface area (Å²) >= 11 is 5.93. The van der Waals surface area contributed by atoms with E-state index in [0.717, 1.165) is 25.7 Å². The maximum Gasteiger partial charge on any atom is 0.191 e. The van der Waals surface area contributed by atoms with Gasteiger partial charge in [-0.1, -0.05) is 30.9 Å². The van der Waals surface area contributed by atoms with E-state index in [1.807, 2.05) is 0 Å². The molecular weight excluding hydrogens is 264 g/mol. The van der Waals surface area contributed by atoms with Gasteiger partial charge in [-0.05, 0) is 37.0 Å². The lowest BCUT2D eigenvalue weighted by molar-refractivity contribution is 0.0534. The molecule has 0 amide bonds. The molecule has 0 aromatic heterocycles. The molecule has 0 aliphatic heterocycles. The summed E-state index contributed by atoms with van der Waals surface area (Å²) in [6, 6.07) is 4.86. The molecular formula is C15H19ClO3. The molecule has 1 aromatic carbocycles. The Bertz CT molecular complexity index is 453.